The first-order valence-corrected chi connectivity index (χ1v) is 4.29. The van der Waals surface area contributed by atoms with E-state index in [0.717, 1.165) is 24.2 Å². The van der Waals surface area contributed by atoms with Crippen LogP contribution in [0.5, 0.6) is 0 Å². The molecule has 5 N–H and O–H groups in total. The molecule has 12 heavy (non-hydrogen) atoms. The zero-order valence-corrected chi connectivity index (χ0v) is 8.15. The molecular formula is C9H19N3. The van der Waals surface area contributed by atoms with Gasteiger partial charge in [-0.25, -0.2) is 0 Å². The highest BCUT2D eigenvalue weighted by Gasteiger charge is 2.02. The minimum absolute atomic E-state index is 0.735. The molecule has 70 valence electrons. The Morgan fingerprint density at radius 3 is 2.25 bits per heavy atom. The van der Waals surface area contributed by atoms with Gasteiger partial charge in [-0.05, 0) is 25.3 Å². The minimum Gasteiger partial charge on any atom is -0.401 e. The van der Waals surface area contributed by atoms with Crippen molar-refractivity contribution in [2.24, 2.45) is 11.6 Å². The zero-order valence-electron chi connectivity index (χ0n) is 8.15. The Hall–Kier alpha value is -0.960. The zero-order chi connectivity index (χ0) is 9.56. The molecule has 0 bridgehead atoms. The van der Waals surface area contributed by atoms with Gasteiger partial charge in [-0.1, -0.05) is 19.9 Å². The van der Waals surface area contributed by atoms with Gasteiger partial charge in [0.05, 0.1) is 5.70 Å². The highest BCUT2D eigenvalue weighted by molar-refractivity contribution is 5.31. The van der Waals surface area contributed by atoms with Gasteiger partial charge in [0.1, 0.15) is 0 Å². The topological polar surface area (TPSA) is 64.1 Å². The van der Waals surface area contributed by atoms with Crippen LogP contribution in [-0.4, -0.2) is 0 Å². The van der Waals surface area contributed by atoms with Crippen molar-refractivity contribution in [1.29, 1.82) is 0 Å². The van der Waals surface area contributed by atoms with Gasteiger partial charge in [-0.2, -0.15) is 0 Å². The van der Waals surface area contributed by atoms with E-state index in [1.807, 2.05) is 6.92 Å². The van der Waals surface area contributed by atoms with Crippen LogP contribution in [0.25, 0.3) is 0 Å². The molecule has 0 aromatic heterocycles. The van der Waals surface area contributed by atoms with Crippen LogP contribution in [0.15, 0.2) is 23.0 Å². The third-order valence-corrected chi connectivity index (χ3v) is 1.69. The van der Waals surface area contributed by atoms with Gasteiger partial charge in [0, 0.05) is 5.70 Å². The van der Waals surface area contributed by atoms with Crippen molar-refractivity contribution in [1.82, 2.24) is 5.43 Å². The molecule has 0 aliphatic heterocycles. The average molecular weight is 169 g/mol. The fraction of sp³-hybridized carbons (Fsp3) is 0.556. The first-order valence-electron chi connectivity index (χ1n) is 4.29. The summed E-state index contributed by atoms with van der Waals surface area (Å²) in [5, 5.41) is 0. The number of allylic oxidation sites excluding steroid dienone is 3. The van der Waals surface area contributed by atoms with Crippen LogP contribution in [0.2, 0.25) is 0 Å². The van der Waals surface area contributed by atoms with Crippen LogP contribution in [0.1, 0.15) is 33.6 Å². The Morgan fingerprint density at radius 1 is 1.42 bits per heavy atom. The Kier molecular flexibility index (Phi) is 5.21. The Morgan fingerprint density at radius 2 is 2.00 bits per heavy atom. The minimum atomic E-state index is 0.735. The van der Waals surface area contributed by atoms with E-state index in [2.05, 4.69) is 25.3 Å². The monoisotopic (exact) mass is 169 g/mol. The van der Waals surface area contributed by atoms with E-state index in [1.54, 1.807) is 0 Å². The molecular weight excluding hydrogens is 150 g/mol. The lowest BCUT2D eigenvalue weighted by atomic mass is 10.1. The van der Waals surface area contributed by atoms with Crippen molar-refractivity contribution in [2.75, 3.05) is 0 Å². The Bertz CT molecular complexity index is 188. The van der Waals surface area contributed by atoms with Gasteiger partial charge in [0.2, 0.25) is 0 Å². The molecule has 3 nitrogen and oxygen atoms in total. The van der Waals surface area contributed by atoms with Gasteiger partial charge in [-0.15, -0.1) is 0 Å². The maximum absolute atomic E-state index is 5.65. The van der Waals surface area contributed by atoms with Crippen molar-refractivity contribution < 1.29 is 0 Å². The van der Waals surface area contributed by atoms with Gasteiger partial charge < -0.3 is 11.2 Å². The van der Waals surface area contributed by atoms with Crippen LogP contribution in [0.3, 0.4) is 0 Å². The van der Waals surface area contributed by atoms with E-state index in [0.29, 0.717) is 0 Å². The molecule has 0 radical (unpaired) electrons. The molecule has 0 fully saturated rings. The quantitative estimate of drug-likeness (QED) is 0.338. The first kappa shape index (κ1) is 11.0. The van der Waals surface area contributed by atoms with Crippen LogP contribution in [0, 0.1) is 0 Å². The fourth-order valence-electron chi connectivity index (χ4n) is 1.13. The van der Waals surface area contributed by atoms with Crippen LogP contribution in [0.4, 0.5) is 0 Å². The Balaban J connectivity index is 4.70. The number of nitrogens with one attached hydrogen (secondary N) is 1. The summed E-state index contributed by atoms with van der Waals surface area (Å²) >= 11 is 0. The molecule has 0 aromatic carbocycles. The predicted octanol–water partition coefficient (Wildman–Crippen LogP) is 1.39. The van der Waals surface area contributed by atoms with Gasteiger partial charge in [-0.3, -0.25) is 5.84 Å². The number of hydrazine groups is 1. The molecule has 0 aliphatic carbocycles. The molecule has 0 saturated heterocycles. The maximum atomic E-state index is 5.65. The average Bonchev–Trinajstić information content (AvgIpc) is 2.03. The second-order valence-electron chi connectivity index (χ2n) is 2.69. The second-order valence-corrected chi connectivity index (χ2v) is 2.69. The van der Waals surface area contributed by atoms with Crippen molar-refractivity contribution >= 4 is 0 Å². The summed E-state index contributed by atoms with van der Waals surface area (Å²) in [7, 11) is 0. The summed E-state index contributed by atoms with van der Waals surface area (Å²) in [5.74, 6) is 5.35. The molecule has 0 rings (SSSR count). The predicted molar refractivity (Wildman–Crippen MR) is 52.9 cm³/mol. The standard InChI is InChI=1S/C9H19N3/c1-4-6-8(5-2)9(12-11)7(3)10/h6,12H,4-5,10-11H2,1-3H3/b8-6+,9-7-. The molecule has 0 unspecified atom stereocenters. The molecule has 0 spiro atoms. The van der Waals surface area contributed by atoms with Gasteiger partial charge in [0.25, 0.3) is 0 Å². The van der Waals surface area contributed by atoms with E-state index in [-0.39, 0.29) is 0 Å². The molecule has 0 aliphatic rings. The number of nitrogens with two attached hydrogens (primary N) is 2. The first-order chi connectivity index (χ1) is 5.67. The molecule has 3 heteroatoms. The highest BCUT2D eigenvalue weighted by atomic mass is 15.2. The summed E-state index contributed by atoms with van der Waals surface area (Å²) in [6, 6.07) is 0. The summed E-state index contributed by atoms with van der Waals surface area (Å²) in [6.45, 7) is 6.02. The Labute approximate surface area is 74.5 Å². The third kappa shape index (κ3) is 2.96. The molecule has 0 atom stereocenters. The van der Waals surface area contributed by atoms with E-state index < -0.39 is 0 Å². The van der Waals surface area contributed by atoms with Crippen molar-refractivity contribution in [3.05, 3.63) is 23.0 Å². The third-order valence-electron chi connectivity index (χ3n) is 1.69. The molecule has 0 saturated carbocycles. The van der Waals surface area contributed by atoms with Gasteiger partial charge in [0.15, 0.2) is 0 Å². The smallest absolute Gasteiger partial charge is 0.0699 e. The second kappa shape index (κ2) is 5.66. The normalized spacial score (nSPS) is 14.2. The maximum Gasteiger partial charge on any atom is 0.0699 e. The lowest BCUT2D eigenvalue weighted by Gasteiger charge is -2.11. The number of rotatable bonds is 4. The van der Waals surface area contributed by atoms with Crippen LogP contribution < -0.4 is 17.0 Å². The van der Waals surface area contributed by atoms with E-state index >= 15 is 0 Å². The SMILES string of the molecule is CC/C=C(CC)/C(NN)=C(\C)N. The summed E-state index contributed by atoms with van der Waals surface area (Å²) in [5.41, 5.74) is 11.1. The lowest BCUT2D eigenvalue weighted by Crippen LogP contribution is -2.25. The van der Waals surface area contributed by atoms with E-state index in [4.69, 9.17) is 11.6 Å². The summed E-state index contributed by atoms with van der Waals surface area (Å²) < 4.78 is 0. The van der Waals surface area contributed by atoms with Crippen molar-refractivity contribution in [2.45, 2.75) is 33.6 Å². The molecule has 0 amide bonds. The van der Waals surface area contributed by atoms with Crippen LogP contribution >= 0.6 is 0 Å². The van der Waals surface area contributed by atoms with E-state index in [1.165, 1.54) is 5.57 Å². The number of hydrogen-bond donors (Lipinski definition) is 3. The fourth-order valence-corrected chi connectivity index (χ4v) is 1.13. The van der Waals surface area contributed by atoms with Crippen molar-refractivity contribution in [3.63, 3.8) is 0 Å². The van der Waals surface area contributed by atoms with Gasteiger partial charge >= 0.3 is 0 Å². The van der Waals surface area contributed by atoms with Crippen LogP contribution in [-0.2, 0) is 0 Å². The molecule has 0 heterocycles. The summed E-state index contributed by atoms with van der Waals surface area (Å²) in [6.07, 6.45) is 4.08. The molecule has 0 aromatic rings. The van der Waals surface area contributed by atoms with E-state index in [9.17, 15) is 0 Å². The largest absolute Gasteiger partial charge is 0.401 e. The number of hydrogen-bond acceptors (Lipinski definition) is 3. The highest BCUT2D eigenvalue weighted by Crippen LogP contribution is 2.12. The van der Waals surface area contributed by atoms with Crippen molar-refractivity contribution in [3.8, 4) is 0 Å². The summed E-state index contributed by atoms with van der Waals surface area (Å²) in [4.78, 5) is 0. The lowest BCUT2D eigenvalue weighted by molar-refractivity contribution is 0.845.